The zero-order valence-corrected chi connectivity index (χ0v) is 20.5. The van der Waals surface area contributed by atoms with E-state index in [2.05, 4.69) is 82.4 Å². The van der Waals surface area contributed by atoms with Crippen molar-refractivity contribution < 1.29 is 4.74 Å². The molecule has 0 amide bonds. The van der Waals surface area contributed by atoms with Crippen molar-refractivity contribution in [2.45, 2.75) is 46.1 Å². The number of hydrogen-bond acceptors (Lipinski definition) is 6. The van der Waals surface area contributed by atoms with Crippen LogP contribution in [0, 0.1) is 13.8 Å². The lowest BCUT2D eigenvalue weighted by Gasteiger charge is -2.12. The standard InChI is InChI=1S/C28H30N6O/c1-19-8-12-21(13-9-19)26-27(22-14-10-20(2)11-15-22)31-28-24(30-26)17-25(35-3)34(28)16-6-4-5-7-23-18-29-33-32-23/h8-15,17H,4-7,16,18H2,1-3H3. The molecule has 0 saturated carbocycles. The van der Waals surface area contributed by atoms with E-state index in [1.165, 1.54) is 11.1 Å². The van der Waals surface area contributed by atoms with Crippen molar-refractivity contribution in [1.82, 2.24) is 14.5 Å². The molecule has 0 N–H and O–H groups in total. The summed E-state index contributed by atoms with van der Waals surface area (Å²) in [5.74, 6) is 0.786. The molecule has 35 heavy (non-hydrogen) atoms. The SMILES string of the molecule is COc1cc2nc(-c3ccc(C)cc3)c(-c3ccc(C)cc3)nc2n1CCCCCC1=NN=NC1. The number of benzene rings is 2. The Hall–Kier alpha value is -3.87. The molecule has 2 aromatic carbocycles. The van der Waals surface area contributed by atoms with Crippen LogP contribution < -0.4 is 4.74 Å². The number of nitrogens with zero attached hydrogens (tertiary/aromatic N) is 6. The highest BCUT2D eigenvalue weighted by Gasteiger charge is 2.18. The molecule has 1 aliphatic heterocycles. The van der Waals surface area contributed by atoms with E-state index in [0.717, 1.165) is 77.5 Å². The fourth-order valence-electron chi connectivity index (χ4n) is 4.39. The van der Waals surface area contributed by atoms with E-state index in [-0.39, 0.29) is 0 Å². The van der Waals surface area contributed by atoms with Crippen LogP contribution in [-0.2, 0) is 6.54 Å². The molecule has 0 bridgehead atoms. The smallest absolute Gasteiger partial charge is 0.197 e. The molecule has 4 aromatic rings. The lowest BCUT2D eigenvalue weighted by molar-refractivity contribution is 0.371. The van der Waals surface area contributed by atoms with Crippen LogP contribution in [0.1, 0.15) is 36.8 Å². The summed E-state index contributed by atoms with van der Waals surface area (Å²) in [6.45, 7) is 5.66. The largest absolute Gasteiger partial charge is 0.482 e. The predicted octanol–water partition coefficient (Wildman–Crippen LogP) is 6.77. The van der Waals surface area contributed by atoms with E-state index in [4.69, 9.17) is 14.7 Å². The van der Waals surface area contributed by atoms with Gasteiger partial charge in [-0.1, -0.05) is 66.1 Å². The third-order valence-corrected chi connectivity index (χ3v) is 6.39. The molecule has 0 saturated heterocycles. The van der Waals surface area contributed by atoms with Crippen molar-refractivity contribution in [3.63, 3.8) is 0 Å². The Morgan fingerprint density at radius 3 is 2.09 bits per heavy atom. The van der Waals surface area contributed by atoms with Crippen LogP contribution in [0.3, 0.4) is 0 Å². The molecule has 0 aliphatic carbocycles. The minimum Gasteiger partial charge on any atom is -0.482 e. The van der Waals surface area contributed by atoms with Crippen LogP contribution in [0.25, 0.3) is 33.7 Å². The van der Waals surface area contributed by atoms with Crippen LogP contribution in [0.2, 0.25) is 0 Å². The van der Waals surface area contributed by atoms with Crippen molar-refractivity contribution >= 4 is 16.9 Å². The zero-order valence-electron chi connectivity index (χ0n) is 20.5. The minimum atomic E-state index is 0.650. The highest BCUT2D eigenvalue weighted by Crippen LogP contribution is 2.34. The van der Waals surface area contributed by atoms with Gasteiger partial charge in [-0.05, 0) is 38.3 Å². The van der Waals surface area contributed by atoms with E-state index >= 15 is 0 Å². The Balaban J connectivity index is 1.49. The van der Waals surface area contributed by atoms with Crippen LogP contribution >= 0.6 is 0 Å². The van der Waals surface area contributed by atoms with Gasteiger partial charge in [-0.25, -0.2) is 9.97 Å². The Morgan fingerprint density at radius 1 is 0.829 bits per heavy atom. The monoisotopic (exact) mass is 466 g/mol. The zero-order chi connectivity index (χ0) is 24.2. The summed E-state index contributed by atoms with van der Waals surface area (Å²) < 4.78 is 7.88. The maximum Gasteiger partial charge on any atom is 0.197 e. The summed E-state index contributed by atoms with van der Waals surface area (Å²) >= 11 is 0. The van der Waals surface area contributed by atoms with Gasteiger partial charge in [0.05, 0.1) is 24.2 Å². The van der Waals surface area contributed by atoms with Crippen LogP contribution in [0.5, 0.6) is 5.88 Å². The van der Waals surface area contributed by atoms with Gasteiger partial charge in [0, 0.05) is 23.7 Å². The molecule has 178 valence electrons. The van der Waals surface area contributed by atoms with Gasteiger partial charge in [-0.15, -0.1) is 5.10 Å². The van der Waals surface area contributed by atoms with Crippen molar-refractivity contribution in [3.05, 3.63) is 65.7 Å². The van der Waals surface area contributed by atoms with Crippen LogP contribution in [0.4, 0.5) is 0 Å². The first-order valence-electron chi connectivity index (χ1n) is 12.1. The summed E-state index contributed by atoms with van der Waals surface area (Å²) in [4.78, 5) is 10.3. The van der Waals surface area contributed by atoms with Gasteiger partial charge in [0.25, 0.3) is 0 Å². The summed E-state index contributed by atoms with van der Waals surface area (Å²) in [5.41, 5.74) is 9.09. The maximum atomic E-state index is 5.73. The number of unbranched alkanes of at least 4 members (excludes halogenated alkanes) is 2. The molecule has 0 atom stereocenters. The lowest BCUT2D eigenvalue weighted by atomic mass is 10.0. The van der Waals surface area contributed by atoms with Crippen molar-refractivity contribution in [3.8, 4) is 28.4 Å². The molecule has 0 fully saturated rings. The Kier molecular flexibility index (Phi) is 6.66. The number of ether oxygens (including phenoxy) is 1. The second kappa shape index (κ2) is 10.2. The number of aryl methyl sites for hydroxylation is 3. The molecule has 0 unspecified atom stereocenters. The number of aromatic nitrogens is 3. The summed E-state index contributed by atoms with van der Waals surface area (Å²) in [6, 6.07) is 18.9. The quantitative estimate of drug-likeness (QED) is 0.255. The molecule has 2 aromatic heterocycles. The fraction of sp³-hybridized carbons (Fsp3) is 0.321. The number of methoxy groups -OCH3 is 1. The first-order valence-corrected chi connectivity index (χ1v) is 12.1. The molecule has 7 heteroatoms. The van der Waals surface area contributed by atoms with E-state index in [1.54, 1.807) is 7.11 Å². The van der Waals surface area contributed by atoms with E-state index in [0.29, 0.717) is 6.54 Å². The molecule has 7 nitrogen and oxygen atoms in total. The second-order valence-electron chi connectivity index (χ2n) is 9.07. The maximum absolute atomic E-state index is 5.73. The number of fused-ring (bicyclic) bond motifs is 1. The average Bonchev–Trinajstić information content (AvgIpc) is 3.51. The first kappa shape index (κ1) is 22.9. The van der Waals surface area contributed by atoms with Crippen molar-refractivity contribution in [2.24, 2.45) is 15.4 Å². The van der Waals surface area contributed by atoms with Gasteiger partial charge >= 0.3 is 0 Å². The Bertz CT molecular complexity index is 1380. The van der Waals surface area contributed by atoms with Gasteiger partial charge in [0.1, 0.15) is 12.1 Å². The highest BCUT2D eigenvalue weighted by atomic mass is 16.5. The van der Waals surface area contributed by atoms with Gasteiger partial charge in [0.15, 0.2) is 11.5 Å². The molecule has 3 heterocycles. The van der Waals surface area contributed by atoms with Gasteiger partial charge in [-0.2, -0.15) is 5.11 Å². The summed E-state index contributed by atoms with van der Waals surface area (Å²) in [6.07, 6.45) is 4.13. The van der Waals surface area contributed by atoms with Crippen LogP contribution in [0.15, 0.2) is 70.0 Å². The number of hydrogen-bond donors (Lipinski definition) is 0. The van der Waals surface area contributed by atoms with E-state index in [1.807, 2.05) is 6.07 Å². The molecular formula is C28H30N6O. The van der Waals surface area contributed by atoms with E-state index < -0.39 is 0 Å². The van der Waals surface area contributed by atoms with E-state index in [9.17, 15) is 0 Å². The second-order valence-corrected chi connectivity index (χ2v) is 9.07. The third-order valence-electron chi connectivity index (χ3n) is 6.39. The van der Waals surface area contributed by atoms with Gasteiger partial charge in [-0.3, -0.25) is 4.57 Å². The highest BCUT2D eigenvalue weighted by molar-refractivity contribution is 5.87. The molecular weight excluding hydrogens is 436 g/mol. The predicted molar refractivity (Wildman–Crippen MR) is 140 cm³/mol. The minimum absolute atomic E-state index is 0.650. The fourth-order valence-corrected chi connectivity index (χ4v) is 4.39. The topological polar surface area (TPSA) is 77.0 Å². The van der Waals surface area contributed by atoms with Crippen LogP contribution in [-0.4, -0.2) is 33.9 Å². The molecule has 5 rings (SSSR count). The van der Waals surface area contributed by atoms with Crippen molar-refractivity contribution in [2.75, 3.05) is 13.7 Å². The Labute approximate surface area is 205 Å². The summed E-state index contributed by atoms with van der Waals surface area (Å²) in [5, 5.41) is 11.7. The first-order chi connectivity index (χ1) is 17.1. The Morgan fingerprint density at radius 2 is 1.49 bits per heavy atom. The van der Waals surface area contributed by atoms with Gasteiger partial charge < -0.3 is 4.74 Å². The molecule has 1 aliphatic rings. The van der Waals surface area contributed by atoms with Gasteiger partial charge in [0.2, 0.25) is 0 Å². The normalized spacial score (nSPS) is 12.9. The summed E-state index contributed by atoms with van der Waals surface area (Å²) in [7, 11) is 1.71. The van der Waals surface area contributed by atoms with Crippen molar-refractivity contribution in [1.29, 1.82) is 0 Å². The average molecular weight is 467 g/mol. The third kappa shape index (κ3) is 4.99. The number of rotatable bonds is 9. The molecule has 0 spiro atoms. The molecule has 0 radical (unpaired) electrons. The lowest BCUT2D eigenvalue weighted by Crippen LogP contribution is -2.04.